The molecule has 0 atom stereocenters. The molecule has 0 bridgehead atoms. The molecule has 0 N–H and O–H groups in total. The normalized spacial score (nSPS) is 13.4. The number of rotatable bonds is 8. The van der Waals surface area contributed by atoms with Crippen molar-refractivity contribution in [1.82, 2.24) is 0 Å². The highest BCUT2D eigenvalue weighted by atomic mass is 14.3. The maximum absolute atomic E-state index is 8.46. The molecule has 596 valence electrons. The van der Waals surface area contributed by atoms with Crippen molar-refractivity contribution in [2.24, 2.45) is 32.5 Å². The Morgan fingerprint density at radius 3 is 0.872 bits per heavy atom. The fourth-order valence-corrected chi connectivity index (χ4v) is 13.0. The lowest BCUT2D eigenvalue weighted by Gasteiger charge is -2.26. The van der Waals surface area contributed by atoms with Crippen molar-refractivity contribution in [3.63, 3.8) is 0 Å². The monoisotopic (exact) mass is 1480 g/mol. The molecule has 9 aromatic rings. The van der Waals surface area contributed by atoms with Crippen molar-refractivity contribution < 1.29 is 8.22 Å². The van der Waals surface area contributed by atoms with E-state index in [-0.39, 0.29) is 27.1 Å². The SMILES string of the molecule is Cc1c(CC(C)(C)C)cccc1CC(C)(C)C.Cc1ccc(C(C)(C)C)cc1-c1c(C)cccc1C.Cc1ccc(C(C)(C)C)cc1-c1ccccc1.Cc1ccc(C(C)(C)C)cc1C(C)(C)C.Cc1ccccc1CC(C)(C)C.[2H]C([2H])(c1cccc(C([2H])([2H])C(C)(C)C)c1C)C(C)(C)C.[2H]C([2H])(c1ccccc1C)C(C)(C)C. The van der Waals surface area contributed by atoms with Gasteiger partial charge in [-0.15, -0.1) is 0 Å². The van der Waals surface area contributed by atoms with E-state index in [4.69, 9.17) is 8.22 Å². The molecular formula is C109H160. The van der Waals surface area contributed by atoms with Crippen molar-refractivity contribution in [1.29, 1.82) is 0 Å². The first-order valence-corrected chi connectivity index (χ1v) is 40.6. The van der Waals surface area contributed by atoms with Crippen LogP contribution in [0.25, 0.3) is 22.3 Å². The van der Waals surface area contributed by atoms with Crippen LogP contribution in [0.3, 0.4) is 0 Å². The number of hydrogen-bond acceptors (Lipinski definition) is 0. The number of hydrogen-bond donors (Lipinski definition) is 0. The molecule has 9 aromatic carbocycles. The molecule has 0 aliphatic rings. The lowest BCUT2D eigenvalue weighted by atomic mass is 9.79. The summed E-state index contributed by atoms with van der Waals surface area (Å²) in [6.07, 6.45) is -0.812. The molecule has 0 saturated heterocycles. The molecule has 0 heteroatoms. The number of aryl methyl sites for hydroxylation is 7. The minimum atomic E-state index is -1.51. The molecule has 0 amide bonds. The highest BCUT2D eigenvalue weighted by molar-refractivity contribution is 5.74. The average Bonchev–Trinajstić information content (AvgIpc) is 0.722. The van der Waals surface area contributed by atoms with E-state index in [1.54, 1.807) is 18.2 Å². The predicted molar refractivity (Wildman–Crippen MR) is 492 cm³/mol. The van der Waals surface area contributed by atoms with Gasteiger partial charge < -0.3 is 0 Å². The maximum Gasteiger partial charge on any atom is 0.0321 e. The second-order valence-electron chi connectivity index (χ2n) is 42.0. The zero-order valence-corrected chi connectivity index (χ0v) is 77.0. The molecule has 0 fully saturated rings. The summed E-state index contributed by atoms with van der Waals surface area (Å²) < 4.78 is 50.1. The quantitative estimate of drug-likeness (QED) is 0.142. The van der Waals surface area contributed by atoms with Crippen LogP contribution in [-0.2, 0) is 60.0 Å². The van der Waals surface area contributed by atoms with Crippen molar-refractivity contribution in [2.75, 3.05) is 0 Å². The van der Waals surface area contributed by atoms with Crippen molar-refractivity contribution in [3.8, 4) is 22.3 Å². The van der Waals surface area contributed by atoms with E-state index >= 15 is 0 Å². The second-order valence-corrected chi connectivity index (χ2v) is 42.0. The third-order valence-electron chi connectivity index (χ3n) is 18.9. The minimum Gasteiger partial charge on any atom is -0.0622 e. The predicted octanol–water partition coefficient (Wildman–Crippen LogP) is 32.6. The van der Waals surface area contributed by atoms with Gasteiger partial charge in [0.05, 0.1) is 0 Å². The Hall–Kier alpha value is -7.02. The van der Waals surface area contributed by atoms with Crippen LogP contribution < -0.4 is 0 Å². The Balaban J connectivity index is 0.000000349. The molecule has 9 rings (SSSR count). The van der Waals surface area contributed by atoms with Crippen LogP contribution in [0.15, 0.2) is 188 Å². The smallest absolute Gasteiger partial charge is 0.0321 e. The summed E-state index contributed by atoms with van der Waals surface area (Å²) >= 11 is 0. The van der Waals surface area contributed by atoms with Gasteiger partial charge in [-0.1, -0.05) is 396 Å². The van der Waals surface area contributed by atoms with Gasteiger partial charge in [-0.2, -0.15) is 0 Å². The molecule has 0 aliphatic heterocycles. The average molecular weight is 1480 g/mol. The van der Waals surface area contributed by atoms with Gasteiger partial charge in [-0.05, 0) is 283 Å². The molecule has 0 nitrogen and oxygen atoms in total. The van der Waals surface area contributed by atoms with Crippen LogP contribution in [0.2, 0.25) is 0 Å². The molecule has 0 heterocycles. The highest BCUT2D eigenvalue weighted by Crippen LogP contribution is 2.37. The summed E-state index contributed by atoms with van der Waals surface area (Å²) in [5, 5.41) is 0. The third-order valence-corrected chi connectivity index (χ3v) is 18.9. The minimum absolute atomic E-state index is 0.193. The van der Waals surface area contributed by atoms with Crippen LogP contribution in [-0.4, -0.2) is 0 Å². The van der Waals surface area contributed by atoms with Gasteiger partial charge in [0.25, 0.3) is 0 Å². The largest absolute Gasteiger partial charge is 0.0622 e. The van der Waals surface area contributed by atoms with Gasteiger partial charge in [0.2, 0.25) is 0 Å². The zero-order valence-electron chi connectivity index (χ0n) is 83.0. The van der Waals surface area contributed by atoms with E-state index < -0.39 is 29.9 Å². The molecule has 0 radical (unpaired) electrons. The van der Waals surface area contributed by atoms with Gasteiger partial charge in [0, 0.05) is 8.22 Å². The first kappa shape index (κ1) is 86.0. The Bertz CT molecular complexity index is 4440. The lowest BCUT2D eigenvalue weighted by Crippen LogP contribution is -2.17. The van der Waals surface area contributed by atoms with Crippen molar-refractivity contribution >= 4 is 0 Å². The molecular weight excluding hydrogens is 1310 g/mol. The summed E-state index contributed by atoms with van der Waals surface area (Å²) in [6.45, 7) is 84.2. The van der Waals surface area contributed by atoms with Gasteiger partial charge in [-0.25, -0.2) is 0 Å². The summed E-state index contributed by atoms with van der Waals surface area (Å²) in [5.41, 5.74) is 29.6. The molecule has 0 aromatic heterocycles. The summed E-state index contributed by atoms with van der Waals surface area (Å²) in [5.74, 6) is 0. The third kappa shape index (κ3) is 35.9. The van der Waals surface area contributed by atoms with Crippen LogP contribution in [0.4, 0.5) is 0 Å². The number of benzene rings is 9. The fraction of sp³-hybridized carbons (Fsp3) is 0.505. The Kier molecular flexibility index (Phi) is 31.5. The van der Waals surface area contributed by atoms with Crippen LogP contribution >= 0.6 is 0 Å². The Morgan fingerprint density at radius 2 is 0.505 bits per heavy atom. The maximum atomic E-state index is 8.46. The lowest BCUT2D eigenvalue weighted by molar-refractivity contribution is 0.403. The first-order valence-electron chi connectivity index (χ1n) is 43.6. The molecule has 0 aliphatic carbocycles. The fourth-order valence-electron chi connectivity index (χ4n) is 13.0. The van der Waals surface area contributed by atoms with Crippen molar-refractivity contribution in [2.45, 2.75) is 330 Å². The van der Waals surface area contributed by atoms with Crippen molar-refractivity contribution in [3.05, 3.63) is 294 Å². The summed E-state index contributed by atoms with van der Waals surface area (Å²) in [7, 11) is 0. The van der Waals surface area contributed by atoms with Gasteiger partial charge >= 0.3 is 0 Å². The first-order chi connectivity index (χ1) is 51.9. The van der Waals surface area contributed by atoms with Crippen LogP contribution in [0.5, 0.6) is 0 Å². The zero-order chi connectivity index (χ0) is 88.8. The summed E-state index contributed by atoms with van der Waals surface area (Å²) in [4.78, 5) is 0. The van der Waals surface area contributed by atoms with E-state index in [2.05, 4.69) is 339 Å². The molecule has 0 unspecified atom stereocenters. The van der Waals surface area contributed by atoms with Crippen LogP contribution in [0.1, 0.15) is 322 Å². The van der Waals surface area contributed by atoms with Crippen LogP contribution in [0, 0.1) is 94.8 Å². The topological polar surface area (TPSA) is 0 Å². The molecule has 109 heavy (non-hydrogen) atoms. The van der Waals surface area contributed by atoms with E-state index in [0.29, 0.717) is 27.4 Å². The second kappa shape index (κ2) is 39.9. The van der Waals surface area contributed by atoms with Gasteiger partial charge in [-0.3, -0.25) is 0 Å². The van der Waals surface area contributed by atoms with Gasteiger partial charge in [0.1, 0.15) is 0 Å². The van der Waals surface area contributed by atoms with E-state index in [1.165, 1.54) is 107 Å². The van der Waals surface area contributed by atoms with E-state index in [9.17, 15) is 0 Å². The van der Waals surface area contributed by atoms with E-state index in [1.807, 2.05) is 100 Å². The molecule has 0 spiro atoms. The summed E-state index contributed by atoms with van der Waals surface area (Å²) in [6, 6.07) is 66.1. The Morgan fingerprint density at radius 1 is 0.220 bits per heavy atom. The molecule has 0 saturated carbocycles. The standard InChI is InChI=1S/C19H24.C17H20.2C17H28.C15H24.2C12H18/c1-13-10-11-16(19(4,5)6)12-17(13)18-14(2)8-7-9-15(18)3;1-13-10-11-15(17(2,3)4)12-16(13)14-8-6-5-7-9-14;2*1-13-14(11-16(2,3)4)9-8-10-15(13)12-17(5,6)7;1-11-8-9-12(14(2,3)4)10-13(11)15(5,6)7;2*1-10-7-5-6-8-11(10)9-12(2,3)4/h7-12H,1-6H3;5-12H,1-4H3;2*8-10H,11-12H2,1-7H3;8-10H,1-7H3;2*5-8H,9H2,1-4H3/i;;11D2,12D2;;;9D2;. The highest BCUT2D eigenvalue weighted by Gasteiger charge is 2.24. The van der Waals surface area contributed by atoms with Gasteiger partial charge in [0.15, 0.2) is 0 Å². The van der Waals surface area contributed by atoms with E-state index in [0.717, 1.165) is 29.5 Å². The Labute approximate surface area is 682 Å².